The van der Waals surface area contributed by atoms with Crippen LogP contribution in [-0.2, 0) is 9.53 Å². The Kier molecular flexibility index (Phi) is 5.64. The molecule has 0 aromatic carbocycles. The predicted molar refractivity (Wildman–Crippen MR) is 76.1 cm³/mol. The van der Waals surface area contributed by atoms with Crippen molar-refractivity contribution in [2.45, 2.75) is 45.6 Å². The summed E-state index contributed by atoms with van der Waals surface area (Å²) in [6, 6.07) is 0.646. The Morgan fingerprint density at radius 3 is 2.42 bits per heavy atom. The minimum atomic E-state index is 0.357. The first-order valence-electron chi connectivity index (χ1n) is 7.80. The van der Waals surface area contributed by atoms with Gasteiger partial charge in [0, 0.05) is 51.9 Å². The minimum Gasteiger partial charge on any atom is -0.381 e. The SMILES string of the molecule is CCC(C)N1CCN(C(=O)CC2CCOCC2)CC1. The number of amides is 1. The van der Waals surface area contributed by atoms with E-state index >= 15 is 0 Å². The van der Waals surface area contributed by atoms with Crippen LogP contribution in [0.3, 0.4) is 0 Å². The Morgan fingerprint density at radius 1 is 1.21 bits per heavy atom. The van der Waals surface area contributed by atoms with Crippen LogP contribution in [0.5, 0.6) is 0 Å². The van der Waals surface area contributed by atoms with Crippen LogP contribution in [0, 0.1) is 5.92 Å². The fourth-order valence-corrected chi connectivity index (χ4v) is 3.00. The summed E-state index contributed by atoms with van der Waals surface area (Å²) >= 11 is 0. The molecule has 0 aromatic rings. The lowest BCUT2D eigenvalue weighted by atomic mass is 9.96. The molecule has 110 valence electrons. The monoisotopic (exact) mass is 268 g/mol. The van der Waals surface area contributed by atoms with Crippen molar-refractivity contribution in [3.05, 3.63) is 0 Å². The summed E-state index contributed by atoms with van der Waals surface area (Å²) in [6.07, 6.45) is 4.03. The number of carbonyl (C=O) groups excluding carboxylic acids is 1. The molecule has 1 amide bonds. The molecule has 0 N–H and O–H groups in total. The molecule has 0 aliphatic carbocycles. The fourth-order valence-electron chi connectivity index (χ4n) is 3.00. The second-order valence-electron chi connectivity index (χ2n) is 5.93. The highest BCUT2D eigenvalue weighted by Crippen LogP contribution is 2.20. The molecule has 0 aromatic heterocycles. The van der Waals surface area contributed by atoms with Gasteiger partial charge in [0.15, 0.2) is 0 Å². The summed E-state index contributed by atoms with van der Waals surface area (Å²) in [7, 11) is 0. The van der Waals surface area contributed by atoms with Gasteiger partial charge in [-0.05, 0) is 32.1 Å². The van der Waals surface area contributed by atoms with Crippen LogP contribution >= 0.6 is 0 Å². The van der Waals surface area contributed by atoms with Gasteiger partial charge >= 0.3 is 0 Å². The molecule has 4 heteroatoms. The van der Waals surface area contributed by atoms with Crippen LogP contribution in [0.15, 0.2) is 0 Å². The highest BCUT2D eigenvalue weighted by atomic mass is 16.5. The van der Waals surface area contributed by atoms with Crippen molar-refractivity contribution in [3.63, 3.8) is 0 Å². The van der Waals surface area contributed by atoms with Gasteiger partial charge in [0.25, 0.3) is 0 Å². The van der Waals surface area contributed by atoms with Gasteiger partial charge in [0.1, 0.15) is 0 Å². The van der Waals surface area contributed by atoms with E-state index in [2.05, 4.69) is 23.6 Å². The van der Waals surface area contributed by atoms with Gasteiger partial charge in [-0.15, -0.1) is 0 Å². The maximum atomic E-state index is 12.3. The van der Waals surface area contributed by atoms with E-state index in [4.69, 9.17) is 4.74 Å². The molecule has 0 spiro atoms. The van der Waals surface area contributed by atoms with Crippen molar-refractivity contribution in [3.8, 4) is 0 Å². The standard InChI is InChI=1S/C15H28N2O2/c1-3-13(2)16-6-8-17(9-7-16)15(18)12-14-4-10-19-11-5-14/h13-14H,3-12H2,1-2H3. The maximum absolute atomic E-state index is 12.3. The van der Waals surface area contributed by atoms with Gasteiger partial charge < -0.3 is 9.64 Å². The molecule has 1 atom stereocenters. The first-order chi connectivity index (χ1) is 9.20. The largest absolute Gasteiger partial charge is 0.381 e. The number of rotatable bonds is 4. The molecular formula is C15H28N2O2. The van der Waals surface area contributed by atoms with E-state index in [9.17, 15) is 4.79 Å². The van der Waals surface area contributed by atoms with Crippen molar-refractivity contribution >= 4 is 5.91 Å². The van der Waals surface area contributed by atoms with Gasteiger partial charge in [-0.3, -0.25) is 9.69 Å². The maximum Gasteiger partial charge on any atom is 0.222 e. The highest BCUT2D eigenvalue weighted by molar-refractivity contribution is 5.76. The third kappa shape index (κ3) is 4.18. The molecule has 0 bridgehead atoms. The zero-order chi connectivity index (χ0) is 13.7. The molecule has 1 unspecified atom stereocenters. The summed E-state index contributed by atoms with van der Waals surface area (Å²) in [4.78, 5) is 16.8. The van der Waals surface area contributed by atoms with Gasteiger partial charge in [-0.1, -0.05) is 6.92 Å². The Labute approximate surface area is 117 Å². The van der Waals surface area contributed by atoms with Crippen molar-refractivity contribution in [2.75, 3.05) is 39.4 Å². The van der Waals surface area contributed by atoms with Crippen LogP contribution in [-0.4, -0.2) is 61.1 Å². The molecule has 2 rings (SSSR count). The molecule has 0 radical (unpaired) electrons. The molecule has 2 aliphatic rings. The molecular weight excluding hydrogens is 240 g/mol. The van der Waals surface area contributed by atoms with Crippen LogP contribution in [0.4, 0.5) is 0 Å². The van der Waals surface area contributed by atoms with Crippen molar-refractivity contribution in [1.82, 2.24) is 9.80 Å². The second-order valence-corrected chi connectivity index (χ2v) is 5.93. The summed E-state index contributed by atoms with van der Waals surface area (Å²) < 4.78 is 5.35. The lowest BCUT2D eigenvalue weighted by Crippen LogP contribution is -2.51. The number of hydrogen-bond donors (Lipinski definition) is 0. The van der Waals surface area contributed by atoms with Gasteiger partial charge in [0.05, 0.1) is 0 Å². The summed E-state index contributed by atoms with van der Waals surface area (Å²) in [5.41, 5.74) is 0. The molecule has 0 saturated carbocycles. The molecule has 2 saturated heterocycles. The average Bonchev–Trinajstić information content (AvgIpc) is 2.47. The van der Waals surface area contributed by atoms with Gasteiger partial charge in [0.2, 0.25) is 5.91 Å². The topological polar surface area (TPSA) is 32.8 Å². The van der Waals surface area contributed by atoms with E-state index in [1.54, 1.807) is 0 Å². The fraction of sp³-hybridized carbons (Fsp3) is 0.933. The molecule has 4 nitrogen and oxygen atoms in total. The van der Waals surface area contributed by atoms with Gasteiger partial charge in [-0.25, -0.2) is 0 Å². The van der Waals surface area contributed by atoms with Crippen LogP contribution in [0.25, 0.3) is 0 Å². The number of carbonyl (C=O) groups is 1. The van der Waals surface area contributed by atoms with Crippen molar-refractivity contribution in [1.29, 1.82) is 0 Å². The summed E-state index contributed by atoms with van der Waals surface area (Å²) in [6.45, 7) is 10.1. The zero-order valence-corrected chi connectivity index (χ0v) is 12.4. The Bertz CT molecular complexity index is 282. The lowest BCUT2D eigenvalue weighted by Gasteiger charge is -2.38. The highest BCUT2D eigenvalue weighted by Gasteiger charge is 2.25. The minimum absolute atomic E-state index is 0.357. The van der Waals surface area contributed by atoms with E-state index in [1.165, 1.54) is 6.42 Å². The van der Waals surface area contributed by atoms with E-state index in [1.807, 2.05) is 0 Å². The number of piperazine rings is 1. The molecule has 19 heavy (non-hydrogen) atoms. The lowest BCUT2D eigenvalue weighted by molar-refractivity contribution is -0.135. The van der Waals surface area contributed by atoms with E-state index < -0.39 is 0 Å². The quantitative estimate of drug-likeness (QED) is 0.778. The second kappa shape index (κ2) is 7.25. The molecule has 2 fully saturated rings. The molecule has 2 heterocycles. The third-order valence-corrected chi connectivity index (χ3v) is 4.69. The summed E-state index contributed by atoms with van der Waals surface area (Å²) in [5.74, 6) is 0.907. The van der Waals surface area contributed by atoms with Crippen LogP contribution in [0.2, 0.25) is 0 Å². The Hall–Kier alpha value is -0.610. The van der Waals surface area contributed by atoms with Crippen molar-refractivity contribution < 1.29 is 9.53 Å². The average molecular weight is 268 g/mol. The number of hydrogen-bond acceptors (Lipinski definition) is 3. The van der Waals surface area contributed by atoms with Gasteiger partial charge in [-0.2, -0.15) is 0 Å². The smallest absolute Gasteiger partial charge is 0.222 e. The van der Waals surface area contributed by atoms with Crippen LogP contribution < -0.4 is 0 Å². The first kappa shape index (κ1) is 14.8. The molecule has 2 aliphatic heterocycles. The first-order valence-corrected chi connectivity index (χ1v) is 7.80. The predicted octanol–water partition coefficient (Wildman–Crippen LogP) is 1.75. The third-order valence-electron chi connectivity index (χ3n) is 4.69. The Morgan fingerprint density at radius 2 is 1.84 bits per heavy atom. The Balaban J connectivity index is 1.72. The van der Waals surface area contributed by atoms with E-state index in [0.29, 0.717) is 17.9 Å². The normalized spacial score (nSPS) is 24.4. The number of ether oxygens (including phenoxy) is 1. The van der Waals surface area contributed by atoms with E-state index in [-0.39, 0.29) is 0 Å². The van der Waals surface area contributed by atoms with Crippen LogP contribution in [0.1, 0.15) is 39.5 Å². The number of nitrogens with zero attached hydrogens (tertiary/aromatic N) is 2. The zero-order valence-electron chi connectivity index (χ0n) is 12.4. The summed E-state index contributed by atoms with van der Waals surface area (Å²) in [5, 5.41) is 0. The van der Waals surface area contributed by atoms with Crippen molar-refractivity contribution in [2.24, 2.45) is 5.92 Å². The van der Waals surface area contributed by atoms with E-state index in [0.717, 1.165) is 58.7 Å².